The van der Waals surface area contributed by atoms with Crippen LogP contribution in [-0.4, -0.2) is 46.7 Å². The number of aromatic amines is 1. The molecule has 0 unspecified atom stereocenters. The smallest absolute Gasteiger partial charge is 0.345 e. The van der Waals surface area contributed by atoms with Gasteiger partial charge in [-0.2, -0.15) is 18.2 Å². The maximum absolute atomic E-state index is 12.9. The average molecular weight is 458 g/mol. The van der Waals surface area contributed by atoms with Gasteiger partial charge < -0.3 is 19.3 Å². The number of nitrogens with zero attached hydrogens (tertiary/aromatic N) is 5. The quantitative estimate of drug-likeness (QED) is 0.448. The summed E-state index contributed by atoms with van der Waals surface area (Å²) in [4.78, 5) is 28.1. The minimum Gasteiger partial charge on any atom is -0.345 e. The highest BCUT2D eigenvalue weighted by atomic mass is 19.4. The molecule has 33 heavy (non-hydrogen) atoms. The van der Waals surface area contributed by atoms with Crippen molar-refractivity contribution in [1.29, 1.82) is 0 Å². The van der Waals surface area contributed by atoms with Gasteiger partial charge in [0.25, 0.3) is 17.6 Å². The molecule has 4 rings (SSSR count). The number of rotatable bonds is 6. The van der Waals surface area contributed by atoms with E-state index >= 15 is 0 Å². The summed E-state index contributed by atoms with van der Waals surface area (Å²) in [7, 11) is 3.51. The van der Waals surface area contributed by atoms with E-state index in [1.165, 1.54) is 17.0 Å². The molecule has 1 N–H and O–H groups in total. The second-order valence-corrected chi connectivity index (χ2v) is 7.55. The van der Waals surface area contributed by atoms with Gasteiger partial charge in [0.05, 0.1) is 16.6 Å². The van der Waals surface area contributed by atoms with Crippen LogP contribution in [-0.2, 0) is 6.18 Å². The van der Waals surface area contributed by atoms with Gasteiger partial charge >= 0.3 is 6.18 Å². The van der Waals surface area contributed by atoms with Crippen LogP contribution in [0.4, 0.5) is 24.8 Å². The molecule has 0 aliphatic carbocycles. The van der Waals surface area contributed by atoms with Crippen LogP contribution in [0.1, 0.15) is 29.5 Å². The van der Waals surface area contributed by atoms with E-state index in [2.05, 4.69) is 27.0 Å². The van der Waals surface area contributed by atoms with Crippen molar-refractivity contribution in [3.63, 3.8) is 0 Å². The van der Waals surface area contributed by atoms with Gasteiger partial charge in [0.1, 0.15) is 0 Å². The number of anilines is 2. The van der Waals surface area contributed by atoms with E-state index in [0.29, 0.717) is 5.69 Å². The van der Waals surface area contributed by atoms with Crippen molar-refractivity contribution >= 4 is 28.6 Å². The number of carbonyl (C=O) groups is 1. The summed E-state index contributed by atoms with van der Waals surface area (Å²) in [5.41, 5.74) is 1.60. The Morgan fingerprint density at radius 2 is 1.82 bits per heavy atom. The minimum absolute atomic E-state index is 0.0481. The molecule has 0 aliphatic rings. The fourth-order valence-electron chi connectivity index (χ4n) is 3.31. The third-order valence-electron chi connectivity index (χ3n) is 5.14. The Morgan fingerprint density at radius 3 is 2.48 bits per heavy atom. The Labute approximate surface area is 187 Å². The number of aromatic nitrogens is 4. The number of hydrogen-bond acceptors (Lipinski definition) is 6. The molecule has 0 saturated carbocycles. The van der Waals surface area contributed by atoms with Gasteiger partial charge in [-0.05, 0) is 48.9 Å². The molecular weight excluding hydrogens is 437 g/mol. The number of benzene rings is 2. The van der Waals surface area contributed by atoms with Gasteiger partial charge in [-0.25, -0.2) is 4.98 Å². The van der Waals surface area contributed by atoms with Crippen molar-refractivity contribution in [3.05, 3.63) is 53.9 Å². The zero-order valence-electron chi connectivity index (χ0n) is 18.1. The van der Waals surface area contributed by atoms with Crippen molar-refractivity contribution in [2.75, 3.05) is 30.4 Å². The molecule has 172 valence electrons. The summed E-state index contributed by atoms with van der Waals surface area (Å²) >= 11 is 0. The van der Waals surface area contributed by atoms with Gasteiger partial charge in [-0.1, -0.05) is 12.1 Å². The predicted octanol–water partition coefficient (Wildman–Crippen LogP) is 4.75. The van der Waals surface area contributed by atoms with Crippen LogP contribution in [0.25, 0.3) is 22.5 Å². The normalized spacial score (nSPS) is 11.7. The number of H-pyrrole nitrogens is 1. The molecule has 2 aromatic carbocycles. The highest BCUT2D eigenvalue weighted by molar-refractivity contribution is 6.04. The molecule has 2 heterocycles. The molecule has 0 aliphatic heterocycles. The van der Waals surface area contributed by atoms with Crippen LogP contribution >= 0.6 is 0 Å². The monoisotopic (exact) mass is 458 g/mol. The lowest BCUT2D eigenvalue weighted by Crippen LogP contribution is -2.27. The average Bonchev–Trinajstić information content (AvgIpc) is 3.45. The number of carbonyl (C=O) groups excluding carboxylic acids is 1. The topological polar surface area (TPSA) is 91.2 Å². The lowest BCUT2D eigenvalue weighted by atomic mass is 10.1. The molecule has 8 nitrogen and oxygen atoms in total. The summed E-state index contributed by atoms with van der Waals surface area (Å²) in [6.45, 7) is 2.93. The summed E-state index contributed by atoms with van der Waals surface area (Å²) in [5, 5.41) is 3.69. The fourth-order valence-corrected chi connectivity index (χ4v) is 3.31. The first-order valence-electron chi connectivity index (χ1n) is 10.2. The van der Waals surface area contributed by atoms with E-state index in [-0.39, 0.29) is 17.3 Å². The molecule has 0 radical (unpaired) electrons. The van der Waals surface area contributed by atoms with E-state index in [1.54, 1.807) is 25.2 Å². The number of hydrogen-bond donors (Lipinski definition) is 1. The van der Waals surface area contributed by atoms with Crippen LogP contribution < -0.4 is 9.80 Å². The van der Waals surface area contributed by atoms with Crippen molar-refractivity contribution in [2.24, 2.45) is 0 Å². The molecule has 0 saturated heterocycles. The number of amides is 1. The zero-order valence-corrected chi connectivity index (χ0v) is 18.1. The number of alkyl halides is 3. The SMILES string of the molecule is CCCN(C)c1nc2ccc(N(C)C(=O)c3noc(-c4ccc(C(F)(F)F)cc4)n3)cc2[nH]1. The molecule has 0 fully saturated rings. The number of halogens is 3. The molecule has 0 spiro atoms. The molecule has 4 aromatic rings. The number of nitrogens with one attached hydrogen (secondary N) is 1. The molecule has 0 bridgehead atoms. The first-order chi connectivity index (χ1) is 15.7. The molecule has 0 atom stereocenters. The molecule has 1 amide bonds. The van der Waals surface area contributed by atoms with E-state index in [4.69, 9.17) is 4.52 Å². The fraction of sp³-hybridized carbons (Fsp3) is 0.273. The first-order valence-corrected chi connectivity index (χ1v) is 10.2. The maximum atomic E-state index is 12.9. The maximum Gasteiger partial charge on any atom is 0.416 e. The molecule has 11 heteroatoms. The third kappa shape index (κ3) is 4.52. The Kier molecular flexibility index (Phi) is 5.79. The van der Waals surface area contributed by atoms with Crippen LogP contribution in [0.5, 0.6) is 0 Å². The van der Waals surface area contributed by atoms with Crippen molar-refractivity contribution in [1.82, 2.24) is 20.1 Å². The summed E-state index contributed by atoms with van der Waals surface area (Å²) < 4.78 is 43.3. The first kappa shape index (κ1) is 22.3. The Balaban J connectivity index is 1.53. The summed E-state index contributed by atoms with van der Waals surface area (Å²) in [6.07, 6.45) is -3.46. The highest BCUT2D eigenvalue weighted by Crippen LogP contribution is 2.31. The standard InChI is InChI=1S/C22H21F3N6O2/c1-4-11-30(2)21-26-16-10-9-15(12-17(16)27-21)31(3)20(32)18-28-19(33-29-18)13-5-7-14(8-6-13)22(23,24)25/h5-10,12H,4,11H2,1-3H3,(H,26,27). The highest BCUT2D eigenvalue weighted by Gasteiger charge is 2.30. The van der Waals surface area contributed by atoms with Gasteiger partial charge in [0.2, 0.25) is 5.95 Å². The van der Waals surface area contributed by atoms with Crippen molar-refractivity contribution in [3.8, 4) is 11.5 Å². The lowest BCUT2D eigenvalue weighted by Gasteiger charge is -2.15. The van der Waals surface area contributed by atoms with E-state index in [1.807, 2.05) is 11.9 Å². The van der Waals surface area contributed by atoms with Crippen molar-refractivity contribution < 1.29 is 22.5 Å². The number of imidazole rings is 1. The lowest BCUT2D eigenvalue weighted by molar-refractivity contribution is -0.137. The van der Waals surface area contributed by atoms with Gasteiger partial charge in [0.15, 0.2) is 0 Å². The van der Waals surface area contributed by atoms with Crippen molar-refractivity contribution in [2.45, 2.75) is 19.5 Å². The van der Waals surface area contributed by atoms with E-state index < -0.39 is 17.6 Å². The van der Waals surface area contributed by atoms with Gasteiger partial charge in [0, 0.05) is 31.9 Å². The Hall–Kier alpha value is -3.89. The van der Waals surface area contributed by atoms with E-state index in [0.717, 1.165) is 42.1 Å². The van der Waals surface area contributed by atoms with Gasteiger partial charge in [-0.15, -0.1) is 0 Å². The van der Waals surface area contributed by atoms with Crippen LogP contribution in [0.15, 0.2) is 47.0 Å². The van der Waals surface area contributed by atoms with Crippen LogP contribution in [0.3, 0.4) is 0 Å². The van der Waals surface area contributed by atoms with E-state index in [9.17, 15) is 18.0 Å². The summed E-state index contributed by atoms with van der Waals surface area (Å²) in [6, 6.07) is 9.61. The van der Waals surface area contributed by atoms with Crippen LogP contribution in [0, 0.1) is 0 Å². The van der Waals surface area contributed by atoms with Gasteiger partial charge in [-0.3, -0.25) is 4.79 Å². The summed E-state index contributed by atoms with van der Waals surface area (Å²) in [5.74, 6) is -0.0509. The van der Waals surface area contributed by atoms with Crippen LogP contribution in [0.2, 0.25) is 0 Å². The Morgan fingerprint density at radius 1 is 1.09 bits per heavy atom. The molecular formula is C22H21F3N6O2. The minimum atomic E-state index is -4.45. The third-order valence-corrected chi connectivity index (χ3v) is 5.14. The second-order valence-electron chi connectivity index (χ2n) is 7.55. The molecule has 2 aromatic heterocycles. The largest absolute Gasteiger partial charge is 0.416 e. The Bertz CT molecular complexity index is 1280. The predicted molar refractivity (Wildman–Crippen MR) is 117 cm³/mol. The zero-order chi connectivity index (χ0) is 23.8. The number of fused-ring (bicyclic) bond motifs is 1. The second kappa shape index (κ2) is 8.57.